The van der Waals surface area contributed by atoms with Gasteiger partial charge in [0, 0.05) is 0 Å². The van der Waals surface area contributed by atoms with Gasteiger partial charge >= 0.3 is 0 Å². The normalized spacial score (nSPS) is 17.0. The highest BCUT2D eigenvalue weighted by Crippen LogP contribution is 2.02. The highest BCUT2D eigenvalue weighted by molar-refractivity contribution is 6.81. The van der Waals surface area contributed by atoms with Gasteiger partial charge in [-0.05, 0) is 12.6 Å². The monoisotopic (exact) mass is 192 g/mol. The zero-order valence-electron chi connectivity index (χ0n) is 9.47. The van der Waals surface area contributed by atoms with Crippen LogP contribution in [-0.4, -0.2) is 21.5 Å². The van der Waals surface area contributed by atoms with Crippen LogP contribution >= 0.6 is 0 Å². The van der Waals surface area contributed by atoms with Gasteiger partial charge in [0.25, 0.3) is 21.5 Å². The Morgan fingerprint density at radius 1 is 0.929 bits per heavy atom. The zero-order chi connectivity index (χ0) is 10.2. The van der Waals surface area contributed by atoms with Gasteiger partial charge in [-0.25, -0.2) is 0 Å². The van der Waals surface area contributed by atoms with E-state index in [1.807, 2.05) is 7.55 Å². The quantitative estimate of drug-likeness (QED) is 0.546. The van der Waals surface area contributed by atoms with Crippen LogP contribution in [0.3, 0.4) is 0 Å². The summed E-state index contributed by atoms with van der Waals surface area (Å²) in [4.78, 5) is 0. The Morgan fingerprint density at radius 2 is 1.43 bits per heavy atom. The summed E-state index contributed by atoms with van der Waals surface area (Å²) in [5.74, 6) is 0. The van der Waals surface area contributed by atoms with Crippen molar-refractivity contribution in [3.05, 3.63) is 0 Å². The minimum Gasteiger partial charge on any atom is -0.375 e. The molecule has 0 spiro atoms. The van der Waals surface area contributed by atoms with Crippen molar-refractivity contribution in [2.24, 2.45) is 0 Å². The van der Waals surface area contributed by atoms with E-state index in [1.54, 1.807) is 0 Å². The second-order valence-corrected chi connectivity index (χ2v) is 4.03. The lowest BCUT2D eigenvalue weighted by Gasteiger charge is -2.27. The van der Waals surface area contributed by atoms with Gasteiger partial charge in [-0.1, -0.05) is 39.5 Å². The fourth-order valence-electron chi connectivity index (χ4n) is 1.74. The van der Waals surface area contributed by atoms with E-state index in [0.717, 1.165) is 0 Å². The molecule has 0 aliphatic carbocycles. The van der Waals surface area contributed by atoms with Crippen LogP contribution in [0.1, 0.15) is 39.5 Å². The van der Waals surface area contributed by atoms with E-state index >= 15 is 0 Å². The van der Waals surface area contributed by atoms with Gasteiger partial charge < -0.3 is 15.4 Å². The Labute approximate surface area is 89.7 Å². The maximum absolute atomic E-state index is 3.57. The molecule has 0 unspecified atom stereocenters. The van der Waals surface area contributed by atoms with Crippen molar-refractivity contribution in [2.45, 2.75) is 52.2 Å². The lowest BCUT2D eigenvalue weighted by molar-refractivity contribution is 0.847. The molecule has 1 aliphatic heterocycles. The van der Waals surface area contributed by atoms with Crippen LogP contribution in [-0.2, 0) is 0 Å². The average molecular weight is 192 g/mol. The summed E-state index contributed by atoms with van der Waals surface area (Å²) in [7, 11) is 2.00. The van der Waals surface area contributed by atoms with Crippen molar-refractivity contribution >= 4 is 21.5 Å². The first-order chi connectivity index (χ1) is 6.86. The van der Waals surface area contributed by atoms with Crippen LogP contribution in [0.5, 0.6) is 0 Å². The summed E-state index contributed by atoms with van der Waals surface area (Å²) >= 11 is 0. The molecule has 0 saturated carbocycles. The van der Waals surface area contributed by atoms with Gasteiger partial charge in [-0.15, -0.1) is 0 Å². The first-order valence-electron chi connectivity index (χ1n) is 5.96. The Bertz CT molecular complexity index is 134. The molecule has 3 N–H and O–H groups in total. The maximum atomic E-state index is 3.57. The Balaban J connectivity index is 2.14. The molecule has 1 rings (SSSR count). The molecule has 6 heteroatoms. The summed E-state index contributed by atoms with van der Waals surface area (Å²) in [5.41, 5.74) is 0. The summed E-state index contributed by atoms with van der Waals surface area (Å²) in [6.07, 6.45) is 7.56. The summed E-state index contributed by atoms with van der Waals surface area (Å²) in [5, 5.41) is 10.2. The van der Waals surface area contributed by atoms with Gasteiger partial charge in [0.05, 0.1) is 0 Å². The molecular weight excluding hydrogens is 171 g/mol. The van der Waals surface area contributed by atoms with E-state index in [4.69, 9.17) is 0 Å². The van der Waals surface area contributed by atoms with E-state index in [9.17, 15) is 0 Å². The Morgan fingerprint density at radius 3 is 1.86 bits per heavy atom. The number of rotatable bonds is 6. The van der Waals surface area contributed by atoms with Gasteiger partial charge in [0.2, 0.25) is 0 Å². The second-order valence-electron chi connectivity index (χ2n) is 4.03. The van der Waals surface area contributed by atoms with Crippen LogP contribution in [0.25, 0.3) is 0 Å². The topological polar surface area (TPSA) is 36.1 Å². The minimum absolute atomic E-state index is 0.470. The van der Waals surface area contributed by atoms with E-state index in [0.29, 0.717) is 14.0 Å². The summed E-state index contributed by atoms with van der Waals surface area (Å²) < 4.78 is 0. The van der Waals surface area contributed by atoms with Gasteiger partial charge in [0.15, 0.2) is 0 Å². The first-order valence-corrected chi connectivity index (χ1v) is 5.96. The molecular formula is C8H21B3N3. The predicted molar refractivity (Wildman–Crippen MR) is 66.1 cm³/mol. The van der Waals surface area contributed by atoms with E-state index < -0.39 is 0 Å². The standard InChI is InChI=1S/C8H21B3N3/c1-3-5-7-10-12-9-13-11(14-10)8-6-4-2/h12-14H,3-8H2,1-2H3. The third-order valence-corrected chi connectivity index (χ3v) is 2.66. The molecule has 0 aromatic heterocycles. The van der Waals surface area contributed by atoms with Crippen LogP contribution in [0, 0.1) is 0 Å². The Kier molecular flexibility index (Phi) is 6.40. The van der Waals surface area contributed by atoms with Crippen molar-refractivity contribution < 1.29 is 0 Å². The van der Waals surface area contributed by atoms with Crippen molar-refractivity contribution in [3.63, 3.8) is 0 Å². The van der Waals surface area contributed by atoms with E-state index in [-0.39, 0.29) is 0 Å². The van der Waals surface area contributed by atoms with Gasteiger partial charge in [0.1, 0.15) is 0 Å². The molecule has 1 heterocycles. The molecule has 14 heavy (non-hydrogen) atoms. The molecule has 1 saturated heterocycles. The molecule has 0 atom stereocenters. The van der Waals surface area contributed by atoms with Crippen LogP contribution in [0.4, 0.5) is 0 Å². The minimum atomic E-state index is 0.470. The first kappa shape index (κ1) is 12.1. The van der Waals surface area contributed by atoms with Gasteiger partial charge in [-0.3, -0.25) is 0 Å². The highest BCUT2D eigenvalue weighted by Gasteiger charge is 2.26. The van der Waals surface area contributed by atoms with Crippen LogP contribution < -0.4 is 15.4 Å². The van der Waals surface area contributed by atoms with Gasteiger partial charge in [-0.2, -0.15) is 0 Å². The average Bonchev–Trinajstić information content (AvgIpc) is 2.24. The number of unbranched alkanes of at least 4 members (excludes halogenated alkanes) is 2. The third-order valence-electron chi connectivity index (χ3n) is 2.66. The lowest BCUT2D eigenvalue weighted by Crippen LogP contribution is -2.69. The zero-order valence-corrected chi connectivity index (χ0v) is 9.47. The molecule has 1 fully saturated rings. The van der Waals surface area contributed by atoms with Crippen LogP contribution in [0.2, 0.25) is 12.6 Å². The number of nitrogens with one attached hydrogen (secondary N) is 3. The largest absolute Gasteiger partial charge is 0.375 e. The van der Waals surface area contributed by atoms with Crippen molar-refractivity contribution in [1.82, 2.24) is 15.4 Å². The maximum Gasteiger partial charge on any atom is 0.285 e. The van der Waals surface area contributed by atoms with E-state index in [1.165, 1.54) is 38.3 Å². The second kappa shape index (κ2) is 7.38. The molecule has 0 aromatic carbocycles. The molecule has 1 aliphatic rings. The fourth-order valence-corrected chi connectivity index (χ4v) is 1.74. The molecule has 0 bridgehead atoms. The fraction of sp³-hybridized carbons (Fsp3) is 1.00. The molecule has 0 amide bonds. The smallest absolute Gasteiger partial charge is 0.285 e. The summed E-state index contributed by atoms with van der Waals surface area (Å²) in [6, 6.07) is 0. The number of hydrogen-bond acceptors (Lipinski definition) is 3. The van der Waals surface area contributed by atoms with Crippen molar-refractivity contribution in [3.8, 4) is 0 Å². The van der Waals surface area contributed by atoms with Crippen molar-refractivity contribution in [2.75, 3.05) is 0 Å². The predicted octanol–water partition coefficient (Wildman–Crippen LogP) is 0.880. The molecule has 0 aromatic rings. The van der Waals surface area contributed by atoms with Crippen LogP contribution in [0.15, 0.2) is 0 Å². The molecule has 3 nitrogen and oxygen atoms in total. The summed E-state index contributed by atoms with van der Waals surface area (Å²) in [6.45, 7) is 5.41. The SMILES string of the molecule is CCCCB1N[B]NB(CCCC)N1. The highest BCUT2D eigenvalue weighted by atomic mass is 15.0. The lowest BCUT2D eigenvalue weighted by atomic mass is 9.52. The molecule has 1 radical (unpaired) electrons. The Hall–Kier alpha value is 0.0748. The van der Waals surface area contributed by atoms with E-state index in [2.05, 4.69) is 29.3 Å². The molecule has 77 valence electrons. The number of hydrogen-bond donors (Lipinski definition) is 3. The van der Waals surface area contributed by atoms with Crippen molar-refractivity contribution in [1.29, 1.82) is 0 Å². The third kappa shape index (κ3) is 4.53.